The first-order valence-electron chi connectivity index (χ1n) is 8.65. The van der Waals surface area contributed by atoms with Crippen LogP contribution in [0.4, 0.5) is 0 Å². The molecule has 26 heavy (non-hydrogen) atoms. The normalized spacial score (nSPS) is 10.5. The van der Waals surface area contributed by atoms with E-state index in [4.69, 9.17) is 4.74 Å². The van der Waals surface area contributed by atoms with Crippen LogP contribution in [0.2, 0.25) is 0 Å². The lowest BCUT2D eigenvalue weighted by atomic mass is 10.1. The van der Waals surface area contributed by atoms with Crippen LogP contribution in [0, 0.1) is 5.92 Å². The molecule has 1 aromatic heterocycles. The Morgan fingerprint density at radius 2 is 1.88 bits per heavy atom. The van der Waals surface area contributed by atoms with Gasteiger partial charge in [0, 0.05) is 30.4 Å². The molecule has 1 heterocycles. The van der Waals surface area contributed by atoms with Gasteiger partial charge < -0.3 is 15.4 Å². The Hall–Kier alpha value is -2.89. The molecule has 0 aliphatic rings. The van der Waals surface area contributed by atoms with Gasteiger partial charge in [0.1, 0.15) is 11.4 Å². The van der Waals surface area contributed by atoms with Crippen LogP contribution in [-0.2, 0) is 6.54 Å². The monoisotopic (exact) mass is 355 g/mol. The van der Waals surface area contributed by atoms with Gasteiger partial charge in [0.05, 0.1) is 7.11 Å². The Morgan fingerprint density at radius 3 is 2.62 bits per heavy atom. The van der Waals surface area contributed by atoms with Crippen LogP contribution >= 0.6 is 0 Å². The average molecular weight is 355 g/mol. The maximum absolute atomic E-state index is 12.3. The van der Waals surface area contributed by atoms with Crippen LogP contribution in [0.1, 0.15) is 46.7 Å². The number of aromatic nitrogens is 1. The van der Waals surface area contributed by atoms with Gasteiger partial charge in [-0.15, -0.1) is 0 Å². The number of benzene rings is 1. The van der Waals surface area contributed by atoms with Gasteiger partial charge in [-0.2, -0.15) is 0 Å². The molecule has 0 aliphatic heterocycles. The highest BCUT2D eigenvalue weighted by Crippen LogP contribution is 2.16. The maximum atomic E-state index is 12.3. The van der Waals surface area contributed by atoms with Crippen molar-refractivity contribution in [1.29, 1.82) is 0 Å². The van der Waals surface area contributed by atoms with Crippen molar-refractivity contribution in [2.45, 2.75) is 26.8 Å². The van der Waals surface area contributed by atoms with E-state index in [9.17, 15) is 9.59 Å². The molecule has 0 atom stereocenters. The SMILES string of the molecule is COc1ccccc1CNC(=O)c1cc(C(=O)NCCC(C)C)ccn1. The summed E-state index contributed by atoms with van der Waals surface area (Å²) >= 11 is 0. The predicted molar refractivity (Wildman–Crippen MR) is 100 cm³/mol. The molecule has 6 nitrogen and oxygen atoms in total. The zero-order valence-corrected chi connectivity index (χ0v) is 15.4. The van der Waals surface area contributed by atoms with Crippen LogP contribution in [-0.4, -0.2) is 30.5 Å². The van der Waals surface area contributed by atoms with Crippen LogP contribution in [0.3, 0.4) is 0 Å². The fraction of sp³-hybridized carbons (Fsp3) is 0.350. The first kappa shape index (κ1) is 19.4. The fourth-order valence-corrected chi connectivity index (χ4v) is 2.39. The Kier molecular flexibility index (Phi) is 7.14. The van der Waals surface area contributed by atoms with Gasteiger partial charge >= 0.3 is 0 Å². The summed E-state index contributed by atoms with van der Waals surface area (Å²) in [6.45, 7) is 5.12. The number of hydrogen-bond acceptors (Lipinski definition) is 4. The molecule has 0 saturated carbocycles. The van der Waals surface area contributed by atoms with Gasteiger partial charge in [-0.25, -0.2) is 0 Å². The Bertz CT molecular complexity index is 759. The number of rotatable bonds is 8. The molecule has 138 valence electrons. The first-order chi connectivity index (χ1) is 12.5. The van der Waals surface area contributed by atoms with Gasteiger partial charge in [-0.3, -0.25) is 14.6 Å². The second-order valence-electron chi connectivity index (χ2n) is 6.36. The third kappa shape index (κ3) is 5.58. The highest BCUT2D eigenvalue weighted by molar-refractivity contribution is 5.98. The number of hydrogen-bond donors (Lipinski definition) is 2. The summed E-state index contributed by atoms with van der Waals surface area (Å²) < 4.78 is 5.27. The molecule has 2 N–H and O–H groups in total. The summed E-state index contributed by atoms with van der Waals surface area (Å²) in [5.41, 5.74) is 1.49. The summed E-state index contributed by atoms with van der Waals surface area (Å²) in [5.74, 6) is 0.683. The lowest BCUT2D eigenvalue weighted by Gasteiger charge is -2.10. The minimum Gasteiger partial charge on any atom is -0.496 e. The molecule has 0 fully saturated rings. The number of para-hydroxylation sites is 1. The molecule has 6 heteroatoms. The zero-order chi connectivity index (χ0) is 18.9. The fourth-order valence-electron chi connectivity index (χ4n) is 2.39. The lowest BCUT2D eigenvalue weighted by Crippen LogP contribution is -2.27. The molecular formula is C20H25N3O3. The average Bonchev–Trinajstić information content (AvgIpc) is 2.66. The van der Waals surface area contributed by atoms with E-state index < -0.39 is 0 Å². The number of ether oxygens (including phenoxy) is 1. The van der Waals surface area contributed by atoms with E-state index in [-0.39, 0.29) is 17.5 Å². The Morgan fingerprint density at radius 1 is 1.12 bits per heavy atom. The predicted octanol–water partition coefficient (Wildman–Crippen LogP) is 2.80. The van der Waals surface area contributed by atoms with E-state index in [1.165, 1.54) is 12.3 Å². The van der Waals surface area contributed by atoms with Crippen molar-refractivity contribution in [3.63, 3.8) is 0 Å². The maximum Gasteiger partial charge on any atom is 0.270 e. The molecule has 0 radical (unpaired) electrons. The van der Waals surface area contributed by atoms with E-state index in [2.05, 4.69) is 29.5 Å². The molecule has 1 aromatic carbocycles. The topological polar surface area (TPSA) is 80.3 Å². The quantitative estimate of drug-likeness (QED) is 0.763. The molecule has 0 saturated heterocycles. The molecule has 0 bridgehead atoms. The van der Waals surface area contributed by atoms with Gasteiger partial charge in [0.2, 0.25) is 0 Å². The van der Waals surface area contributed by atoms with E-state index in [0.717, 1.165) is 12.0 Å². The van der Waals surface area contributed by atoms with E-state index in [0.29, 0.717) is 30.3 Å². The lowest BCUT2D eigenvalue weighted by molar-refractivity contribution is 0.0945. The van der Waals surface area contributed by atoms with Crippen LogP contribution in [0.5, 0.6) is 5.75 Å². The minimum atomic E-state index is -0.340. The molecule has 2 rings (SSSR count). The molecule has 0 unspecified atom stereocenters. The van der Waals surface area contributed by atoms with Crippen LogP contribution in [0.25, 0.3) is 0 Å². The minimum absolute atomic E-state index is 0.202. The highest BCUT2D eigenvalue weighted by atomic mass is 16.5. The van der Waals surface area contributed by atoms with Gasteiger partial charge in [0.15, 0.2) is 0 Å². The molecule has 2 amide bonds. The number of carbonyl (C=O) groups excluding carboxylic acids is 2. The van der Waals surface area contributed by atoms with E-state index in [1.54, 1.807) is 13.2 Å². The summed E-state index contributed by atoms with van der Waals surface area (Å²) in [6, 6.07) is 10.6. The van der Waals surface area contributed by atoms with Gasteiger partial charge in [-0.05, 0) is 30.5 Å². The largest absolute Gasteiger partial charge is 0.496 e. The standard InChI is InChI=1S/C20H25N3O3/c1-14(2)8-10-22-19(24)15-9-11-21-17(12-15)20(25)23-13-16-6-4-5-7-18(16)26-3/h4-7,9,11-12,14H,8,10,13H2,1-3H3,(H,22,24)(H,23,25). The van der Waals surface area contributed by atoms with Crippen molar-refractivity contribution in [1.82, 2.24) is 15.6 Å². The highest BCUT2D eigenvalue weighted by Gasteiger charge is 2.12. The molecule has 0 spiro atoms. The number of carbonyl (C=O) groups is 2. The van der Waals surface area contributed by atoms with E-state index in [1.807, 2.05) is 24.3 Å². The third-order valence-corrected chi connectivity index (χ3v) is 3.89. The Labute approximate surface area is 154 Å². The van der Waals surface area contributed by atoms with Crippen LogP contribution < -0.4 is 15.4 Å². The molecule has 0 aliphatic carbocycles. The second-order valence-corrected chi connectivity index (χ2v) is 6.36. The number of methoxy groups -OCH3 is 1. The molecule has 2 aromatic rings. The Balaban J connectivity index is 1.98. The summed E-state index contributed by atoms with van der Waals surface area (Å²) in [6.07, 6.45) is 2.37. The van der Waals surface area contributed by atoms with Crippen molar-refractivity contribution in [3.05, 3.63) is 59.4 Å². The van der Waals surface area contributed by atoms with Crippen molar-refractivity contribution in [2.75, 3.05) is 13.7 Å². The van der Waals surface area contributed by atoms with Crippen molar-refractivity contribution < 1.29 is 14.3 Å². The number of nitrogens with one attached hydrogen (secondary N) is 2. The zero-order valence-electron chi connectivity index (χ0n) is 15.4. The molecular weight excluding hydrogens is 330 g/mol. The second kappa shape index (κ2) is 9.56. The summed E-state index contributed by atoms with van der Waals surface area (Å²) in [7, 11) is 1.59. The van der Waals surface area contributed by atoms with Gasteiger partial charge in [0.25, 0.3) is 11.8 Å². The summed E-state index contributed by atoms with van der Waals surface area (Å²) in [5, 5.41) is 5.66. The number of amides is 2. The third-order valence-electron chi connectivity index (χ3n) is 3.89. The van der Waals surface area contributed by atoms with Crippen molar-refractivity contribution in [3.8, 4) is 5.75 Å². The number of nitrogens with zero attached hydrogens (tertiary/aromatic N) is 1. The smallest absolute Gasteiger partial charge is 0.270 e. The van der Waals surface area contributed by atoms with Gasteiger partial charge in [-0.1, -0.05) is 32.0 Å². The van der Waals surface area contributed by atoms with E-state index >= 15 is 0 Å². The summed E-state index contributed by atoms with van der Waals surface area (Å²) in [4.78, 5) is 28.6. The number of pyridine rings is 1. The van der Waals surface area contributed by atoms with Crippen LogP contribution in [0.15, 0.2) is 42.6 Å². The first-order valence-corrected chi connectivity index (χ1v) is 8.65. The van der Waals surface area contributed by atoms with Crippen molar-refractivity contribution >= 4 is 11.8 Å². The van der Waals surface area contributed by atoms with Crippen molar-refractivity contribution in [2.24, 2.45) is 5.92 Å².